The first-order valence-electron chi connectivity index (χ1n) is 9.89. The van der Waals surface area contributed by atoms with Crippen molar-refractivity contribution in [3.8, 4) is 33.0 Å². The van der Waals surface area contributed by atoms with Gasteiger partial charge in [-0.05, 0) is 54.8 Å². The first-order valence-corrected chi connectivity index (χ1v) is 10.7. The molecule has 4 nitrogen and oxygen atoms in total. The van der Waals surface area contributed by atoms with Crippen LogP contribution in [0.15, 0.2) is 48.7 Å². The Balaban J connectivity index is 1.42. The summed E-state index contributed by atoms with van der Waals surface area (Å²) in [6.07, 6.45) is 3.96. The molecule has 0 unspecified atom stereocenters. The fourth-order valence-corrected chi connectivity index (χ4v) is 5.59. The maximum absolute atomic E-state index is 4.66. The Bertz CT molecular complexity index is 1370. The van der Waals surface area contributed by atoms with Gasteiger partial charge in [-0.15, -0.1) is 11.3 Å². The number of aromatic nitrogens is 4. The van der Waals surface area contributed by atoms with Crippen LogP contribution in [0.4, 0.5) is 0 Å². The van der Waals surface area contributed by atoms with Crippen LogP contribution < -0.4 is 0 Å². The van der Waals surface area contributed by atoms with E-state index < -0.39 is 0 Å². The molecule has 2 aromatic carbocycles. The van der Waals surface area contributed by atoms with Crippen LogP contribution in [0.25, 0.3) is 43.0 Å². The molecule has 3 heterocycles. The van der Waals surface area contributed by atoms with Crippen molar-refractivity contribution in [2.45, 2.75) is 26.7 Å². The van der Waals surface area contributed by atoms with Crippen LogP contribution in [0, 0.1) is 13.8 Å². The van der Waals surface area contributed by atoms with Crippen molar-refractivity contribution in [1.82, 2.24) is 19.9 Å². The molecule has 0 aliphatic heterocycles. The Labute approximate surface area is 172 Å². The molecule has 0 radical (unpaired) electrons. The van der Waals surface area contributed by atoms with Crippen molar-refractivity contribution < 1.29 is 0 Å². The summed E-state index contributed by atoms with van der Waals surface area (Å²) in [6.45, 7) is 4.01. The molecular weight excluding hydrogens is 376 g/mol. The van der Waals surface area contributed by atoms with Gasteiger partial charge in [-0.25, -0.2) is 9.97 Å². The average molecular weight is 397 g/mol. The van der Waals surface area contributed by atoms with Crippen molar-refractivity contribution in [1.29, 1.82) is 0 Å². The molecule has 6 rings (SSSR count). The van der Waals surface area contributed by atoms with Gasteiger partial charge in [0.15, 0.2) is 0 Å². The number of H-pyrrole nitrogens is 2. The summed E-state index contributed by atoms with van der Waals surface area (Å²) in [7, 11) is 0. The zero-order valence-electron chi connectivity index (χ0n) is 16.3. The highest BCUT2D eigenvalue weighted by Gasteiger charge is 2.22. The first-order chi connectivity index (χ1) is 14.2. The number of hydrogen-bond donors (Lipinski definition) is 2. The summed E-state index contributed by atoms with van der Waals surface area (Å²) < 4.78 is 1.41. The lowest BCUT2D eigenvalue weighted by atomic mass is 9.91. The lowest BCUT2D eigenvalue weighted by Gasteiger charge is -2.15. The van der Waals surface area contributed by atoms with Crippen LogP contribution in [-0.2, 0) is 12.8 Å². The normalized spacial score (nSPS) is 12.9. The number of thiophene rings is 1. The summed E-state index contributed by atoms with van der Waals surface area (Å²) in [5.41, 5.74) is 8.67. The summed E-state index contributed by atoms with van der Waals surface area (Å²) in [6, 6.07) is 15.6. The first kappa shape index (κ1) is 16.7. The van der Waals surface area contributed by atoms with Crippen molar-refractivity contribution in [2.24, 2.45) is 0 Å². The Morgan fingerprint density at radius 3 is 2.52 bits per heavy atom. The Morgan fingerprint density at radius 2 is 1.72 bits per heavy atom. The van der Waals surface area contributed by atoms with Crippen LogP contribution in [0.2, 0.25) is 0 Å². The van der Waals surface area contributed by atoms with Crippen molar-refractivity contribution >= 4 is 21.4 Å². The van der Waals surface area contributed by atoms with Gasteiger partial charge in [0, 0.05) is 15.1 Å². The lowest BCUT2D eigenvalue weighted by molar-refractivity contribution is 0.913. The molecule has 1 aliphatic carbocycles. The number of benzene rings is 2. The number of rotatable bonds is 2. The van der Waals surface area contributed by atoms with Crippen LogP contribution in [-0.4, -0.2) is 19.9 Å². The monoisotopic (exact) mass is 396 g/mol. The molecule has 2 N–H and O–H groups in total. The van der Waals surface area contributed by atoms with Gasteiger partial charge in [0.25, 0.3) is 0 Å². The molecule has 5 aromatic rings. The lowest BCUT2D eigenvalue weighted by Crippen LogP contribution is -2.03. The SMILES string of the molecule is Cc1ncc(-c2ccc(-c3cc4ccc5c(c4s3)CCc3nc(C)[nH]c3-5)cc2)[nH]1. The molecule has 0 bridgehead atoms. The van der Waals surface area contributed by atoms with Gasteiger partial charge in [-0.1, -0.05) is 36.4 Å². The van der Waals surface area contributed by atoms with Gasteiger partial charge >= 0.3 is 0 Å². The van der Waals surface area contributed by atoms with Gasteiger partial charge < -0.3 is 9.97 Å². The number of aryl methyl sites for hydroxylation is 4. The average Bonchev–Trinajstić information content (AvgIpc) is 3.44. The Morgan fingerprint density at radius 1 is 0.897 bits per heavy atom. The summed E-state index contributed by atoms with van der Waals surface area (Å²) in [4.78, 5) is 17.0. The second kappa shape index (κ2) is 6.16. The van der Waals surface area contributed by atoms with E-state index in [1.54, 1.807) is 0 Å². The van der Waals surface area contributed by atoms with E-state index in [4.69, 9.17) is 0 Å². The maximum atomic E-state index is 4.66. The van der Waals surface area contributed by atoms with Crippen molar-refractivity contribution in [3.63, 3.8) is 0 Å². The number of imidazole rings is 2. The highest BCUT2D eigenvalue weighted by atomic mass is 32.1. The molecular formula is C24H20N4S. The third kappa shape index (κ3) is 2.65. The van der Waals surface area contributed by atoms with Gasteiger partial charge in [0.05, 0.1) is 23.3 Å². The van der Waals surface area contributed by atoms with Crippen LogP contribution >= 0.6 is 11.3 Å². The van der Waals surface area contributed by atoms with Crippen LogP contribution in [0.3, 0.4) is 0 Å². The van der Waals surface area contributed by atoms with Gasteiger partial charge in [-0.2, -0.15) is 0 Å². The van der Waals surface area contributed by atoms with Crippen LogP contribution in [0.1, 0.15) is 22.9 Å². The van der Waals surface area contributed by atoms with E-state index >= 15 is 0 Å². The summed E-state index contributed by atoms with van der Waals surface area (Å²) in [5, 5.41) is 1.33. The predicted octanol–water partition coefficient (Wildman–Crippen LogP) is 6.06. The number of aromatic amines is 2. The van der Waals surface area contributed by atoms with Gasteiger partial charge in [0.1, 0.15) is 11.6 Å². The van der Waals surface area contributed by atoms with Gasteiger partial charge in [-0.3, -0.25) is 0 Å². The Hall–Kier alpha value is -3.18. The molecule has 5 heteroatoms. The minimum Gasteiger partial charge on any atom is -0.342 e. The third-order valence-corrected chi connectivity index (χ3v) is 7.01. The summed E-state index contributed by atoms with van der Waals surface area (Å²) >= 11 is 1.90. The zero-order chi connectivity index (χ0) is 19.5. The standard InChI is InChI=1S/C24H20N4S/c1-13-25-12-21(26-13)15-3-5-16(6-4-15)22-11-17-7-8-18-19(24(17)29-22)9-10-20-23(18)28-14(2)27-20/h3-8,11-12H,9-10H2,1-2H3,(H,25,26)(H,27,28). The molecule has 0 saturated heterocycles. The van der Waals surface area contributed by atoms with Crippen molar-refractivity contribution in [2.75, 3.05) is 0 Å². The molecule has 0 spiro atoms. The quantitative estimate of drug-likeness (QED) is 0.381. The third-order valence-electron chi connectivity index (χ3n) is 5.75. The minimum absolute atomic E-state index is 0.939. The molecule has 3 aromatic heterocycles. The van der Waals surface area contributed by atoms with E-state index in [1.807, 2.05) is 31.4 Å². The van der Waals surface area contributed by atoms with E-state index in [-0.39, 0.29) is 0 Å². The predicted molar refractivity (Wildman–Crippen MR) is 119 cm³/mol. The Kier molecular flexibility index (Phi) is 3.56. The minimum atomic E-state index is 0.939. The molecule has 29 heavy (non-hydrogen) atoms. The van der Waals surface area contributed by atoms with Crippen LogP contribution in [0.5, 0.6) is 0 Å². The number of hydrogen-bond acceptors (Lipinski definition) is 3. The molecule has 0 amide bonds. The largest absolute Gasteiger partial charge is 0.342 e. The number of nitrogens with one attached hydrogen (secondary N) is 2. The fraction of sp³-hybridized carbons (Fsp3) is 0.167. The van der Waals surface area contributed by atoms with E-state index in [9.17, 15) is 0 Å². The topological polar surface area (TPSA) is 57.4 Å². The highest BCUT2D eigenvalue weighted by molar-refractivity contribution is 7.22. The maximum Gasteiger partial charge on any atom is 0.103 e. The number of fused-ring (bicyclic) bond motifs is 5. The smallest absolute Gasteiger partial charge is 0.103 e. The van der Waals surface area contributed by atoms with E-state index in [1.165, 1.54) is 43.0 Å². The highest BCUT2D eigenvalue weighted by Crippen LogP contribution is 2.42. The zero-order valence-corrected chi connectivity index (χ0v) is 17.2. The van der Waals surface area contributed by atoms with E-state index in [2.05, 4.69) is 62.4 Å². The second-order valence-corrected chi connectivity index (χ2v) is 8.78. The molecule has 0 atom stereocenters. The second-order valence-electron chi connectivity index (χ2n) is 7.72. The van der Waals surface area contributed by atoms with Crippen molar-refractivity contribution in [3.05, 3.63) is 71.6 Å². The molecule has 0 fully saturated rings. The molecule has 0 saturated carbocycles. The van der Waals surface area contributed by atoms with Gasteiger partial charge in [0.2, 0.25) is 0 Å². The molecule has 1 aliphatic rings. The molecule has 142 valence electrons. The van der Waals surface area contributed by atoms with E-state index in [0.717, 1.165) is 35.7 Å². The van der Waals surface area contributed by atoms with E-state index in [0.29, 0.717) is 0 Å². The number of nitrogens with zero attached hydrogens (tertiary/aromatic N) is 2. The summed E-state index contributed by atoms with van der Waals surface area (Å²) in [5.74, 6) is 1.94. The fourth-order valence-electron chi connectivity index (χ4n) is 4.35.